The Morgan fingerprint density at radius 2 is 2.14 bits per heavy atom. The summed E-state index contributed by atoms with van der Waals surface area (Å²) < 4.78 is 18.3. The monoisotopic (exact) mass is 304 g/mol. The fourth-order valence-corrected chi connectivity index (χ4v) is 2.67. The van der Waals surface area contributed by atoms with Gasteiger partial charge in [-0.1, -0.05) is 35.5 Å². The first kappa shape index (κ1) is 16.5. The Morgan fingerprint density at radius 3 is 2.64 bits per heavy atom. The lowest BCUT2D eigenvalue weighted by Crippen LogP contribution is -2.23. The van der Waals surface area contributed by atoms with Gasteiger partial charge in [-0.2, -0.15) is 0 Å². The molecule has 2 rings (SSSR count). The molecule has 118 valence electrons. The average molecular weight is 304 g/mol. The average Bonchev–Trinajstić information content (AvgIpc) is 2.56. The fraction of sp³-hybridized carbons (Fsp3) is 0.500. The van der Waals surface area contributed by atoms with Crippen LogP contribution in [0.1, 0.15) is 23.7 Å². The first-order valence-corrected chi connectivity index (χ1v) is 7.30. The number of alkyl halides is 1. The molecule has 0 unspecified atom stereocenters. The van der Waals surface area contributed by atoms with E-state index in [4.69, 9.17) is 10.3 Å². The molecule has 22 heavy (non-hydrogen) atoms. The Morgan fingerprint density at radius 1 is 1.41 bits per heavy atom. The van der Waals surface area contributed by atoms with Crippen molar-refractivity contribution in [1.82, 2.24) is 4.90 Å². The molecule has 0 saturated heterocycles. The van der Waals surface area contributed by atoms with E-state index in [-0.39, 0.29) is 0 Å². The highest BCUT2D eigenvalue weighted by Gasteiger charge is 2.22. The number of nitrogens with zero attached hydrogens (tertiary/aromatic N) is 4. The molecule has 0 saturated carbocycles. The highest BCUT2D eigenvalue weighted by Crippen LogP contribution is 2.27. The minimum absolute atomic E-state index is 0.568. The summed E-state index contributed by atoms with van der Waals surface area (Å²) >= 11 is 0. The molecule has 1 heterocycles. The summed E-state index contributed by atoms with van der Waals surface area (Å²) in [6, 6.07) is 7.02. The molecule has 0 N–H and O–H groups in total. The number of ether oxygens (including phenoxy) is 1. The van der Waals surface area contributed by atoms with Gasteiger partial charge in [0.05, 0.1) is 12.1 Å². The lowest BCUT2D eigenvalue weighted by Gasteiger charge is -2.23. The molecule has 1 aromatic rings. The number of azide groups is 1. The van der Waals surface area contributed by atoms with Crippen LogP contribution in [0, 0.1) is 0 Å². The zero-order valence-corrected chi connectivity index (χ0v) is 12.9. The maximum atomic E-state index is 13.0. The van der Waals surface area contributed by atoms with Gasteiger partial charge in [0, 0.05) is 25.1 Å². The van der Waals surface area contributed by atoms with E-state index in [2.05, 4.69) is 28.0 Å². The zero-order chi connectivity index (χ0) is 15.9. The third kappa shape index (κ3) is 3.85. The van der Waals surface area contributed by atoms with Crippen LogP contribution in [-0.2, 0) is 4.74 Å². The Bertz CT molecular complexity index is 566. The van der Waals surface area contributed by atoms with Crippen molar-refractivity contribution in [2.75, 3.05) is 33.9 Å². The van der Waals surface area contributed by atoms with Crippen molar-refractivity contribution in [1.29, 1.82) is 0 Å². The standard InChI is InChI=1S/C16H21FN4O/c1-21-9-7-13(8-10-21)12-3-5-14(6-4-12)16(22-2)15(11-17)19-20-18/h3-7,15-16H,8-11H2,1-2H3/t15-,16-/m1/s1. The van der Waals surface area contributed by atoms with Crippen LogP contribution in [0.25, 0.3) is 16.0 Å². The normalized spacial score (nSPS) is 18.2. The maximum Gasteiger partial charge on any atom is 0.101 e. The molecular weight excluding hydrogens is 283 g/mol. The van der Waals surface area contributed by atoms with Crippen molar-refractivity contribution in [3.63, 3.8) is 0 Å². The van der Waals surface area contributed by atoms with E-state index in [9.17, 15) is 4.39 Å². The SMILES string of the molecule is CO[C@H](c1ccc(C2=CCN(C)CC2)cc1)[C@@H](CF)N=[N+]=[N-]. The number of halogens is 1. The van der Waals surface area contributed by atoms with Crippen LogP contribution in [0.5, 0.6) is 0 Å². The van der Waals surface area contributed by atoms with Crippen molar-refractivity contribution in [2.24, 2.45) is 5.11 Å². The summed E-state index contributed by atoms with van der Waals surface area (Å²) in [5, 5.41) is 3.47. The molecule has 0 amide bonds. The van der Waals surface area contributed by atoms with E-state index in [1.54, 1.807) is 0 Å². The predicted octanol–water partition coefficient (Wildman–Crippen LogP) is 3.74. The highest BCUT2D eigenvalue weighted by atomic mass is 19.1. The summed E-state index contributed by atoms with van der Waals surface area (Å²) in [6.45, 7) is 1.26. The van der Waals surface area contributed by atoms with Crippen LogP contribution < -0.4 is 0 Å². The molecular formula is C16H21FN4O. The van der Waals surface area contributed by atoms with E-state index in [0.29, 0.717) is 0 Å². The minimum atomic E-state index is -0.844. The minimum Gasteiger partial charge on any atom is -0.376 e. The molecule has 1 aromatic carbocycles. The summed E-state index contributed by atoms with van der Waals surface area (Å²) in [5.74, 6) is 0. The van der Waals surface area contributed by atoms with Crippen LogP contribution in [0.2, 0.25) is 0 Å². The molecule has 0 bridgehead atoms. The van der Waals surface area contributed by atoms with Gasteiger partial charge in [0.25, 0.3) is 0 Å². The Kier molecular flexibility index (Phi) is 5.95. The number of benzene rings is 1. The molecule has 5 nitrogen and oxygen atoms in total. The van der Waals surface area contributed by atoms with Crippen LogP contribution in [0.4, 0.5) is 4.39 Å². The van der Waals surface area contributed by atoms with E-state index in [1.807, 2.05) is 24.3 Å². The molecule has 6 heteroatoms. The van der Waals surface area contributed by atoms with Crippen molar-refractivity contribution in [2.45, 2.75) is 18.6 Å². The maximum absolute atomic E-state index is 13.0. The van der Waals surface area contributed by atoms with Crippen LogP contribution in [-0.4, -0.2) is 44.9 Å². The number of likely N-dealkylation sites (N-methyl/N-ethyl adjacent to an activating group) is 1. The summed E-state index contributed by atoms with van der Waals surface area (Å²) in [7, 11) is 3.60. The van der Waals surface area contributed by atoms with Gasteiger partial charge < -0.3 is 9.64 Å². The second-order valence-electron chi connectivity index (χ2n) is 5.45. The number of hydrogen-bond acceptors (Lipinski definition) is 3. The number of rotatable bonds is 6. The Hall–Kier alpha value is -1.88. The van der Waals surface area contributed by atoms with Gasteiger partial charge in [0.15, 0.2) is 0 Å². The lowest BCUT2D eigenvalue weighted by molar-refractivity contribution is 0.0722. The Labute approximate surface area is 130 Å². The van der Waals surface area contributed by atoms with Crippen LogP contribution in [0.15, 0.2) is 35.5 Å². The highest BCUT2D eigenvalue weighted by molar-refractivity contribution is 5.66. The van der Waals surface area contributed by atoms with E-state index in [0.717, 1.165) is 25.1 Å². The van der Waals surface area contributed by atoms with E-state index >= 15 is 0 Å². The Balaban J connectivity index is 2.18. The molecule has 0 radical (unpaired) electrons. The first-order chi connectivity index (χ1) is 10.7. The number of methoxy groups -OCH3 is 1. The van der Waals surface area contributed by atoms with Gasteiger partial charge in [-0.05, 0) is 35.7 Å². The van der Waals surface area contributed by atoms with Gasteiger partial charge >= 0.3 is 0 Å². The second-order valence-corrected chi connectivity index (χ2v) is 5.45. The second kappa shape index (κ2) is 7.94. The van der Waals surface area contributed by atoms with Crippen LogP contribution >= 0.6 is 0 Å². The third-order valence-corrected chi connectivity index (χ3v) is 3.98. The molecule has 2 atom stereocenters. The molecule has 1 aliphatic rings. The first-order valence-electron chi connectivity index (χ1n) is 7.30. The molecule has 0 aromatic heterocycles. The topological polar surface area (TPSA) is 61.2 Å². The third-order valence-electron chi connectivity index (χ3n) is 3.98. The van der Waals surface area contributed by atoms with Gasteiger partial charge in [0.2, 0.25) is 0 Å². The molecule has 0 spiro atoms. The van der Waals surface area contributed by atoms with Gasteiger partial charge in [-0.3, -0.25) is 4.39 Å². The van der Waals surface area contributed by atoms with E-state index in [1.165, 1.54) is 18.2 Å². The predicted molar refractivity (Wildman–Crippen MR) is 85.2 cm³/mol. The summed E-state index contributed by atoms with van der Waals surface area (Å²) in [4.78, 5) is 4.96. The molecule has 0 aliphatic carbocycles. The van der Waals surface area contributed by atoms with Crippen molar-refractivity contribution < 1.29 is 9.13 Å². The zero-order valence-electron chi connectivity index (χ0n) is 12.9. The van der Waals surface area contributed by atoms with Gasteiger partial charge in [-0.25, -0.2) is 0 Å². The van der Waals surface area contributed by atoms with E-state index < -0.39 is 18.8 Å². The molecule has 1 aliphatic heterocycles. The smallest absolute Gasteiger partial charge is 0.101 e. The number of hydrogen-bond donors (Lipinski definition) is 0. The van der Waals surface area contributed by atoms with Crippen LogP contribution in [0.3, 0.4) is 0 Å². The quantitative estimate of drug-likeness (QED) is 0.456. The molecule has 0 fully saturated rings. The summed E-state index contributed by atoms with van der Waals surface area (Å²) in [5.41, 5.74) is 11.8. The summed E-state index contributed by atoms with van der Waals surface area (Å²) in [6.07, 6.45) is 2.69. The van der Waals surface area contributed by atoms with Crippen molar-refractivity contribution in [3.05, 3.63) is 51.9 Å². The largest absolute Gasteiger partial charge is 0.376 e. The van der Waals surface area contributed by atoms with Gasteiger partial charge in [0.1, 0.15) is 6.67 Å². The van der Waals surface area contributed by atoms with Gasteiger partial charge in [-0.15, -0.1) is 0 Å². The fourth-order valence-electron chi connectivity index (χ4n) is 2.67. The van der Waals surface area contributed by atoms with Crippen molar-refractivity contribution in [3.8, 4) is 0 Å². The van der Waals surface area contributed by atoms with Crippen molar-refractivity contribution >= 4 is 5.57 Å². The lowest BCUT2D eigenvalue weighted by atomic mass is 9.96.